The van der Waals surface area contributed by atoms with Crippen LogP contribution < -0.4 is 9.47 Å². The standard InChI is InChI=1S/C33H31NO5S/c1-22-6-14-28(15-7-22)39-33(3,32(35)36)21-24-8-16-27(17-9-24)37-19-18-29-23(2)38-31(34-29)26-12-10-25(11-13-26)30-5-4-20-40-30/h4-17,20H,18-19,21H2,1-3H3,(H,35,36)/t33-/m1/s1. The Balaban J connectivity index is 1.16. The van der Waals surface area contributed by atoms with Crippen LogP contribution in [0.1, 0.15) is 29.5 Å². The van der Waals surface area contributed by atoms with Gasteiger partial charge in [-0.2, -0.15) is 0 Å². The van der Waals surface area contributed by atoms with E-state index in [2.05, 4.69) is 23.6 Å². The van der Waals surface area contributed by atoms with Crippen LogP contribution in [0.5, 0.6) is 11.5 Å². The number of hydrogen-bond donors (Lipinski definition) is 1. The lowest BCUT2D eigenvalue weighted by Gasteiger charge is -2.26. The second-order valence-corrected chi connectivity index (χ2v) is 10.9. The summed E-state index contributed by atoms with van der Waals surface area (Å²) in [5.74, 6) is 1.58. The fourth-order valence-electron chi connectivity index (χ4n) is 4.38. The van der Waals surface area contributed by atoms with Gasteiger partial charge in [0.15, 0.2) is 0 Å². The average Bonchev–Trinajstić information content (AvgIpc) is 3.62. The van der Waals surface area contributed by atoms with Gasteiger partial charge in [-0.25, -0.2) is 9.78 Å². The van der Waals surface area contributed by atoms with Gasteiger partial charge in [0.2, 0.25) is 11.5 Å². The first-order valence-corrected chi connectivity index (χ1v) is 14.0. The number of thiophene rings is 1. The van der Waals surface area contributed by atoms with Crippen molar-refractivity contribution in [1.82, 2.24) is 4.98 Å². The monoisotopic (exact) mass is 553 g/mol. The highest BCUT2D eigenvalue weighted by Crippen LogP contribution is 2.29. The second-order valence-electron chi connectivity index (χ2n) is 9.95. The van der Waals surface area contributed by atoms with Crippen LogP contribution in [0.4, 0.5) is 0 Å². The number of carboxylic acids is 1. The van der Waals surface area contributed by atoms with Crippen molar-refractivity contribution >= 4 is 17.3 Å². The van der Waals surface area contributed by atoms with Crippen molar-refractivity contribution in [3.05, 3.63) is 113 Å². The molecule has 0 amide bonds. The predicted molar refractivity (Wildman–Crippen MR) is 157 cm³/mol. The molecule has 0 saturated carbocycles. The number of rotatable bonds is 11. The molecular formula is C33H31NO5S. The maximum atomic E-state index is 12.1. The largest absolute Gasteiger partial charge is 0.493 e. The van der Waals surface area contributed by atoms with E-state index in [4.69, 9.17) is 18.9 Å². The zero-order chi connectivity index (χ0) is 28.1. The number of aryl methyl sites for hydroxylation is 2. The SMILES string of the molecule is Cc1ccc(O[C@](C)(Cc2ccc(OCCc3nc(-c4ccc(-c5cccs5)cc4)oc3C)cc2)C(=O)O)cc1. The van der Waals surface area contributed by atoms with Crippen molar-refractivity contribution in [2.75, 3.05) is 6.61 Å². The summed E-state index contributed by atoms with van der Waals surface area (Å²) in [6, 6.07) is 27.2. The van der Waals surface area contributed by atoms with Gasteiger partial charge in [0.25, 0.3) is 0 Å². The summed E-state index contributed by atoms with van der Waals surface area (Å²) in [5, 5.41) is 11.9. The summed E-state index contributed by atoms with van der Waals surface area (Å²) in [6.07, 6.45) is 0.817. The molecule has 7 heteroatoms. The number of carboxylic acid groups (broad SMARTS) is 1. The third-order valence-electron chi connectivity index (χ3n) is 6.72. The van der Waals surface area contributed by atoms with Crippen LogP contribution in [0.15, 0.2) is 94.7 Å². The van der Waals surface area contributed by atoms with Crippen LogP contribution in [-0.4, -0.2) is 28.3 Å². The lowest BCUT2D eigenvalue weighted by Crippen LogP contribution is -2.43. The molecule has 0 unspecified atom stereocenters. The molecule has 0 aliphatic heterocycles. The summed E-state index contributed by atoms with van der Waals surface area (Å²) in [5.41, 5.74) is 3.49. The Morgan fingerprint density at radius 3 is 2.25 bits per heavy atom. The number of ether oxygens (including phenoxy) is 2. The first kappa shape index (κ1) is 27.2. The van der Waals surface area contributed by atoms with Crippen molar-refractivity contribution in [3.63, 3.8) is 0 Å². The van der Waals surface area contributed by atoms with Gasteiger partial charge in [-0.05, 0) is 79.7 Å². The minimum atomic E-state index is -1.40. The van der Waals surface area contributed by atoms with Gasteiger partial charge in [0, 0.05) is 23.3 Å². The fraction of sp³-hybridized carbons (Fsp3) is 0.212. The molecule has 1 atom stereocenters. The topological polar surface area (TPSA) is 81.8 Å². The van der Waals surface area contributed by atoms with Crippen LogP contribution in [0.25, 0.3) is 21.9 Å². The van der Waals surface area contributed by atoms with Gasteiger partial charge in [0.1, 0.15) is 17.3 Å². The average molecular weight is 554 g/mol. The molecule has 40 heavy (non-hydrogen) atoms. The number of benzene rings is 3. The van der Waals surface area contributed by atoms with E-state index < -0.39 is 11.6 Å². The van der Waals surface area contributed by atoms with Crippen molar-refractivity contribution in [1.29, 1.82) is 0 Å². The quantitative estimate of drug-likeness (QED) is 0.180. The lowest BCUT2D eigenvalue weighted by atomic mass is 9.96. The molecule has 2 heterocycles. The maximum absolute atomic E-state index is 12.1. The molecule has 0 saturated heterocycles. The van der Waals surface area contributed by atoms with Gasteiger partial charge in [0.05, 0.1) is 12.3 Å². The minimum Gasteiger partial charge on any atom is -0.493 e. The van der Waals surface area contributed by atoms with Crippen LogP contribution in [0.3, 0.4) is 0 Å². The van der Waals surface area contributed by atoms with E-state index in [1.54, 1.807) is 30.4 Å². The van der Waals surface area contributed by atoms with E-state index >= 15 is 0 Å². The number of nitrogens with zero attached hydrogens (tertiary/aromatic N) is 1. The Labute approximate surface area is 237 Å². The Kier molecular flexibility index (Phi) is 8.03. The fourth-order valence-corrected chi connectivity index (χ4v) is 5.12. The van der Waals surface area contributed by atoms with Crippen LogP contribution in [0.2, 0.25) is 0 Å². The summed E-state index contributed by atoms with van der Waals surface area (Å²) in [6.45, 7) is 5.91. The highest BCUT2D eigenvalue weighted by Gasteiger charge is 2.36. The first-order valence-electron chi connectivity index (χ1n) is 13.1. The van der Waals surface area contributed by atoms with Crippen molar-refractivity contribution < 1.29 is 23.8 Å². The molecule has 2 aromatic heterocycles. The summed E-state index contributed by atoms with van der Waals surface area (Å²) >= 11 is 1.71. The summed E-state index contributed by atoms with van der Waals surface area (Å²) in [7, 11) is 0. The van der Waals surface area contributed by atoms with E-state index in [-0.39, 0.29) is 6.42 Å². The van der Waals surface area contributed by atoms with Gasteiger partial charge in [-0.3, -0.25) is 0 Å². The highest BCUT2D eigenvalue weighted by atomic mass is 32.1. The number of carbonyl (C=O) groups is 1. The Morgan fingerprint density at radius 2 is 1.60 bits per heavy atom. The van der Waals surface area contributed by atoms with Crippen molar-refractivity contribution in [2.24, 2.45) is 0 Å². The zero-order valence-electron chi connectivity index (χ0n) is 22.7. The second kappa shape index (κ2) is 11.8. The van der Waals surface area contributed by atoms with E-state index in [0.717, 1.165) is 28.1 Å². The molecule has 0 fully saturated rings. The molecule has 5 aromatic rings. The molecular weight excluding hydrogens is 522 g/mol. The highest BCUT2D eigenvalue weighted by molar-refractivity contribution is 7.13. The summed E-state index contributed by atoms with van der Waals surface area (Å²) in [4.78, 5) is 18.0. The van der Waals surface area contributed by atoms with E-state index in [9.17, 15) is 9.90 Å². The molecule has 1 N–H and O–H groups in total. The summed E-state index contributed by atoms with van der Waals surface area (Å²) < 4.78 is 17.8. The molecule has 0 bridgehead atoms. The molecule has 0 radical (unpaired) electrons. The molecule has 5 rings (SSSR count). The van der Waals surface area contributed by atoms with Gasteiger partial charge < -0.3 is 19.0 Å². The predicted octanol–water partition coefficient (Wildman–Crippen LogP) is 7.77. The van der Waals surface area contributed by atoms with Gasteiger partial charge in [-0.15, -0.1) is 11.3 Å². The Hall–Kier alpha value is -4.36. The van der Waals surface area contributed by atoms with E-state index in [1.807, 2.05) is 68.4 Å². The Bertz CT molecular complexity index is 1560. The van der Waals surface area contributed by atoms with E-state index in [1.165, 1.54) is 10.4 Å². The third-order valence-corrected chi connectivity index (χ3v) is 7.64. The molecule has 0 aliphatic rings. The number of hydrogen-bond acceptors (Lipinski definition) is 6. The number of oxazole rings is 1. The van der Waals surface area contributed by atoms with E-state index in [0.29, 0.717) is 30.4 Å². The minimum absolute atomic E-state index is 0.214. The van der Waals surface area contributed by atoms with Gasteiger partial charge in [-0.1, -0.05) is 48.0 Å². The Morgan fingerprint density at radius 1 is 0.925 bits per heavy atom. The third kappa shape index (κ3) is 6.43. The molecule has 0 spiro atoms. The van der Waals surface area contributed by atoms with Crippen LogP contribution in [0, 0.1) is 13.8 Å². The first-order chi connectivity index (χ1) is 19.3. The maximum Gasteiger partial charge on any atom is 0.348 e. The molecule has 0 aliphatic carbocycles. The zero-order valence-corrected chi connectivity index (χ0v) is 23.5. The smallest absolute Gasteiger partial charge is 0.348 e. The molecule has 204 valence electrons. The van der Waals surface area contributed by atoms with Gasteiger partial charge >= 0.3 is 5.97 Å². The molecule has 6 nitrogen and oxygen atoms in total. The number of aliphatic carboxylic acids is 1. The van der Waals surface area contributed by atoms with Crippen molar-refractivity contribution in [3.8, 4) is 33.4 Å². The number of aromatic nitrogens is 1. The van der Waals surface area contributed by atoms with Crippen molar-refractivity contribution in [2.45, 2.75) is 39.2 Å². The lowest BCUT2D eigenvalue weighted by molar-refractivity contribution is -0.153. The molecule has 3 aromatic carbocycles. The normalized spacial score (nSPS) is 12.6. The van der Waals surface area contributed by atoms with Crippen LogP contribution >= 0.6 is 11.3 Å². The van der Waals surface area contributed by atoms with Crippen LogP contribution in [-0.2, 0) is 17.6 Å².